The maximum Gasteiger partial charge on any atom is 0.225 e. The van der Waals surface area contributed by atoms with E-state index >= 15 is 0 Å². The SMILES string of the molecule is Cc1ccc(Cl)cc1Nc1cc(-c2ccccn2)nc(NCCCN(C)C)n1. The molecule has 0 saturated carbocycles. The van der Waals surface area contributed by atoms with Gasteiger partial charge in [-0.2, -0.15) is 4.98 Å². The van der Waals surface area contributed by atoms with E-state index < -0.39 is 0 Å². The van der Waals surface area contributed by atoms with E-state index in [1.807, 2.05) is 49.4 Å². The summed E-state index contributed by atoms with van der Waals surface area (Å²) in [6.45, 7) is 3.82. The Hall–Kier alpha value is -2.70. The second-order valence-corrected chi connectivity index (χ2v) is 7.28. The minimum absolute atomic E-state index is 0.573. The van der Waals surface area contributed by atoms with Crippen molar-refractivity contribution < 1.29 is 0 Å². The van der Waals surface area contributed by atoms with Crippen molar-refractivity contribution in [2.75, 3.05) is 37.8 Å². The first-order valence-corrected chi connectivity index (χ1v) is 9.61. The molecule has 2 aromatic heterocycles. The smallest absolute Gasteiger partial charge is 0.225 e. The Morgan fingerprint density at radius 3 is 2.64 bits per heavy atom. The molecule has 28 heavy (non-hydrogen) atoms. The summed E-state index contributed by atoms with van der Waals surface area (Å²) in [5.74, 6) is 1.26. The third-order valence-electron chi connectivity index (χ3n) is 4.18. The van der Waals surface area contributed by atoms with Crippen LogP contribution in [-0.4, -0.2) is 47.0 Å². The van der Waals surface area contributed by atoms with Crippen LogP contribution in [0.1, 0.15) is 12.0 Å². The van der Waals surface area contributed by atoms with Crippen molar-refractivity contribution in [3.8, 4) is 11.4 Å². The minimum Gasteiger partial charge on any atom is -0.354 e. The van der Waals surface area contributed by atoms with E-state index in [4.69, 9.17) is 11.6 Å². The van der Waals surface area contributed by atoms with Crippen LogP contribution in [0.15, 0.2) is 48.7 Å². The number of nitrogens with one attached hydrogen (secondary N) is 2. The van der Waals surface area contributed by atoms with Gasteiger partial charge in [0.05, 0.1) is 11.4 Å². The minimum atomic E-state index is 0.573. The normalized spacial score (nSPS) is 10.9. The van der Waals surface area contributed by atoms with E-state index in [9.17, 15) is 0 Å². The van der Waals surface area contributed by atoms with Gasteiger partial charge in [-0.15, -0.1) is 0 Å². The third-order valence-corrected chi connectivity index (χ3v) is 4.42. The van der Waals surface area contributed by atoms with Crippen LogP contribution in [0, 0.1) is 6.92 Å². The molecule has 0 aliphatic heterocycles. The Kier molecular flexibility index (Phi) is 6.79. The number of benzene rings is 1. The summed E-state index contributed by atoms with van der Waals surface area (Å²) in [7, 11) is 4.13. The van der Waals surface area contributed by atoms with Gasteiger partial charge in [-0.3, -0.25) is 4.98 Å². The summed E-state index contributed by atoms with van der Waals surface area (Å²) >= 11 is 6.15. The zero-order chi connectivity index (χ0) is 19.9. The van der Waals surface area contributed by atoms with Crippen LogP contribution < -0.4 is 10.6 Å². The second kappa shape index (κ2) is 9.48. The van der Waals surface area contributed by atoms with E-state index in [-0.39, 0.29) is 0 Å². The Morgan fingerprint density at radius 1 is 1.04 bits per heavy atom. The van der Waals surface area contributed by atoms with Gasteiger partial charge in [0.25, 0.3) is 0 Å². The summed E-state index contributed by atoms with van der Waals surface area (Å²) < 4.78 is 0. The monoisotopic (exact) mass is 396 g/mol. The average molecular weight is 397 g/mol. The van der Waals surface area contributed by atoms with Gasteiger partial charge in [0, 0.05) is 29.5 Å². The maximum atomic E-state index is 6.15. The second-order valence-electron chi connectivity index (χ2n) is 6.84. The summed E-state index contributed by atoms with van der Waals surface area (Å²) in [6, 6.07) is 13.4. The number of rotatable bonds is 8. The van der Waals surface area contributed by atoms with Crippen molar-refractivity contribution in [2.45, 2.75) is 13.3 Å². The topological polar surface area (TPSA) is 66.0 Å². The van der Waals surface area contributed by atoms with Crippen molar-refractivity contribution in [2.24, 2.45) is 0 Å². The number of aromatic nitrogens is 3. The molecule has 0 amide bonds. The maximum absolute atomic E-state index is 6.15. The van der Waals surface area contributed by atoms with E-state index in [1.54, 1.807) is 6.20 Å². The molecule has 1 aromatic carbocycles. The highest BCUT2D eigenvalue weighted by atomic mass is 35.5. The van der Waals surface area contributed by atoms with Gasteiger partial charge >= 0.3 is 0 Å². The largest absolute Gasteiger partial charge is 0.354 e. The summed E-state index contributed by atoms with van der Waals surface area (Å²) in [6.07, 6.45) is 2.76. The lowest BCUT2D eigenvalue weighted by Gasteiger charge is -2.13. The van der Waals surface area contributed by atoms with Crippen LogP contribution in [0.3, 0.4) is 0 Å². The first kappa shape index (κ1) is 20.0. The van der Waals surface area contributed by atoms with Crippen molar-refractivity contribution >= 4 is 29.1 Å². The molecule has 0 fully saturated rings. The molecule has 0 aliphatic carbocycles. The molecule has 3 rings (SSSR count). The lowest BCUT2D eigenvalue weighted by Crippen LogP contribution is -2.17. The van der Waals surface area contributed by atoms with Gasteiger partial charge in [-0.1, -0.05) is 23.7 Å². The van der Waals surface area contributed by atoms with Gasteiger partial charge in [-0.05, 0) is 63.8 Å². The highest BCUT2D eigenvalue weighted by molar-refractivity contribution is 6.30. The van der Waals surface area contributed by atoms with Crippen molar-refractivity contribution in [3.05, 3.63) is 59.2 Å². The molecule has 2 heterocycles. The molecule has 0 atom stereocenters. The highest BCUT2D eigenvalue weighted by Crippen LogP contribution is 2.26. The Morgan fingerprint density at radius 2 is 1.89 bits per heavy atom. The molecule has 0 unspecified atom stereocenters. The van der Waals surface area contributed by atoms with Crippen LogP contribution in [0.25, 0.3) is 11.4 Å². The van der Waals surface area contributed by atoms with E-state index in [0.717, 1.165) is 42.1 Å². The zero-order valence-corrected chi connectivity index (χ0v) is 17.2. The molecule has 0 spiro atoms. The van der Waals surface area contributed by atoms with Gasteiger partial charge in [0.2, 0.25) is 5.95 Å². The predicted octanol–water partition coefficient (Wildman–Crippen LogP) is 4.61. The quantitative estimate of drug-likeness (QED) is 0.542. The van der Waals surface area contributed by atoms with E-state index in [1.165, 1.54) is 0 Å². The van der Waals surface area contributed by atoms with E-state index in [0.29, 0.717) is 16.8 Å². The summed E-state index contributed by atoms with van der Waals surface area (Å²) in [5, 5.41) is 7.36. The van der Waals surface area contributed by atoms with Crippen LogP contribution in [0.2, 0.25) is 5.02 Å². The predicted molar refractivity (Wildman–Crippen MR) is 116 cm³/mol. The molecule has 0 saturated heterocycles. The number of pyridine rings is 1. The molecule has 146 valence electrons. The Labute approximate surface area is 171 Å². The number of anilines is 3. The number of nitrogens with zero attached hydrogens (tertiary/aromatic N) is 4. The van der Waals surface area contributed by atoms with Gasteiger partial charge in [0.15, 0.2) is 0 Å². The average Bonchev–Trinajstić information content (AvgIpc) is 2.68. The van der Waals surface area contributed by atoms with Crippen molar-refractivity contribution in [3.63, 3.8) is 0 Å². The Bertz CT molecular complexity index is 914. The third kappa shape index (κ3) is 5.65. The lowest BCUT2D eigenvalue weighted by atomic mass is 10.2. The van der Waals surface area contributed by atoms with Crippen molar-refractivity contribution in [1.29, 1.82) is 0 Å². The zero-order valence-electron chi connectivity index (χ0n) is 16.4. The fourth-order valence-corrected chi connectivity index (χ4v) is 2.87. The Balaban J connectivity index is 1.87. The lowest BCUT2D eigenvalue weighted by molar-refractivity contribution is 0.405. The first-order valence-electron chi connectivity index (χ1n) is 9.23. The molecule has 0 radical (unpaired) electrons. The van der Waals surface area contributed by atoms with Crippen LogP contribution >= 0.6 is 11.6 Å². The summed E-state index contributed by atoms with van der Waals surface area (Å²) in [5.41, 5.74) is 3.56. The van der Waals surface area contributed by atoms with Gasteiger partial charge in [-0.25, -0.2) is 4.98 Å². The standard InChI is InChI=1S/C21H25ClN6/c1-15-8-9-16(22)13-18(15)25-20-14-19(17-7-4-5-10-23-17)26-21(27-20)24-11-6-12-28(2)3/h4-5,7-10,13-14H,6,11-12H2,1-3H3,(H2,24,25,26,27). The van der Waals surface area contributed by atoms with Crippen LogP contribution in [-0.2, 0) is 0 Å². The number of hydrogen-bond acceptors (Lipinski definition) is 6. The molecular weight excluding hydrogens is 372 g/mol. The number of aryl methyl sites for hydroxylation is 1. The molecule has 0 bridgehead atoms. The molecule has 0 aliphatic rings. The fourth-order valence-electron chi connectivity index (χ4n) is 2.70. The van der Waals surface area contributed by atoms with Crippen LogP contribution in [0.4, 0.5) is 17.5 Å². The fraction of sp³-hybridized carbons (Fsp3) is 0.286. The molecule has 3 aromatic rings. The molecule has 7 heteroatoms. The molecule has 6 nitrogen and oxygen atoms in total. The summed E-state index contributed by atoms with van der Waals surface area (Å²) in [4.78, 5) is 15.8. The molecular formula is C21H25ClN6. The molecule has 2 N–H and O–H groups in total. The number of hydrogen-bond donors (Lipinski definition) is 2. The van der Waals surface area contributed by atoms with Gasteiger partial charge < -0.3 is 15.5 Å². The van der Waals surface area contributed by atoms with Crippen LogP contribution in [0.5, 0.6) is 0 Å². The highest BCUT2D eigenvalue weighted by Gasteiger charge is 2.09. The van der Waals surface area contributed by atoms with Crippen molar-refractivity contribution in [1.82, 2.24) is 19.9 Å². The first-order chi connectivity index (χ1) is 13.5. The van der Waals surface area contributed by atoms with E-state index in [2.05, 4.69) is 44.6 Å². The van der Waals surface area contributed by atoms with Gasteiger partial charge in [0.1, 0.15) is 5.82 Å². The number of halogens is 1.